The lowest BCUT2D eigenvalue weighted by Gasteiger charge is -2.41. The first kappa shape index (κ1) is 74.9. The normalized spacial score (nSPS) is 19.0. The minimum Gasteiger partial charge on any atom is -0.454 e. The van der Waals surface area contributed by atoms with Gasteiger partial charge >= 0.3 is 5.97 Å². The Bertz CT molecular complexity index is 1420. The van der Waals surface area contributed by atoms with E-state index < -0.39 is 67.4 Å². The number of hydrogen-bond acceptors (Lipinski definition) is 10. The first-order valence-electron chi connectivity index (χ1n) is 33.8. The molecule has 11 heteroatoms. The number of allylic oxidation sites excluding steroid dienone is 5. The molecule has 0 aromatic rings. The zero-order valence-corrected chi connectivity index (χ0v) is 51.5. The van der Waals surface area contributed by atoms with Crippen LogP contribution in [0.15, 0.2) is 36.5 Å². The summed E-state index contributed by atoms with van der Waals surface area (Å²) in [4.78, 5) is 26.6. The molecule has 1 saturated heterocycles. The van der Waals surface area contributed by atoms with Gasteiger partial charge in [0.2, 0.25) is 5.91 Å². The molecule has 0 aromatic heterocycles. The van der Waals surface area contributed by atoms with Gasteiger partial charge in [0.1, 0.15) is 24.4 Å². The maximum atomic E-state index is 13.4. The quantitative estimate of drug-likeness (QED) is 0.0195. The molecule has 1 amide bonds. The van der Waals surface area contributed by atoms with Gasteiger partial charge in [0.05, 0.1) is 25.4 Å². The van der Waals surface area contributed by atoms with Crippen molar-refractivity contribution in [3.05, 3.63) is 36.5 Å². The summed E-state index contributed by atoms with van der Waals surface area (Å²) < 4.78 is 17.7. The molecule has 0 radical (unpaired) electrons. The van der Waals surface area contributed by atoms with Crippen molar-refractivity contribution in [1.82, 2.24) is 5.32 Å². The Labute approximate surface area is 485 Å². The largest absolute Gasteiger partial charge is 0.454 e. The van der Waals surface area contributed by atoms with Crippen molar-refractivity contribution in [2.24, 2.45) is 0 Å². The van der Waals surface area contributed by atoms with Crippen molar-refractivity contribution < 1.29 is 49.3 Å². The van der Waals surface area contributed by atoms with Gasteiger partial charge in [-0.25, -0.2) is 0 Å². The molecule has 0 bridgehead atoms. The van der Waals surface area contributed by atoms with Crippen LogP contribution in [0.25, 0.3) is 0 Å². The summed E-state index contributed by atoms with van der Waals surface area (Å²) in [6, 6.07) is -1.02. The number of unbranched alkanes of at least 4 members (excludes halogenated alkanes) is 40. The van der Waals surface area contributed by atoms with Crippen LogP contribution >= 0.6 is 0 Å². The first-order valence-corrected chi connectivity index (χ1v) is 33.8. The third-order valence-corrected chi connectivity index (χ3v) is 16.0. The van der Waals surface area contributed by atoms with E-state index in [9.17, 15) is 35.1 Å². The van der Waals surface area contributed by atoms with Crippen molar-refractivity contribution in [2.75, 3.05) is 13.2 Å². The number of hydrogen-bond donors (Lipinski definition) is 6. The molecule has 6 N–H and O–H groups in total. The summed E-state index contributed by atoms with van der Waals surface area (Å²) in [6.45, 7) is 5.80. The lowest BCUT2D eigenvalue weighted by atomic mass is 9.99. The van der Waals surface area contributed by atoms with Crippen LogP contribution in [-0.2, 0) is 23.8 Å². The molecular weight excluding hydrogens is 991 g/mol. The van der Waals surface area contributed by atoms with E-state index in [1.54, 1.807) is 6.08 Å². The fourth-order valence-corrected chi connectivity index (χ4v) is 10.7. The van der Waals surface area contributed by atoms with E-state index in [1.165, 1.54) is 212 Å². The van der Waals surface area contributed by atoms with E-state index in [1.807, 2.05) is 6.08 Å². The number of aliphatic hydroxyl groups excluding tert-OH is 5. The van der Waals surface area contributed by atoms with Crippen LogP contribution in [0.5, 0.6) is 0 Å². The van der Waals surface area contributed by atoms with E-state index in [2.05, 4.69) is 50.4 Å². The Morgan fingerprint density at radius 3 is 1.32 bits per heavy atom. The van der Waals surface area contributed by atoms with E-state index in [4.69, 9.17) is 14.2 Å². The molecule has 0 aliphatic carbocycles. The standard InChI is InChI=1S/C68H127NO10/c1-4-7-10-13-16-19-22-24-26-28-30-31-32-34-36-38-41-44-47-50-53-56-63(73)79-66-65(75)64(74)62(57-70)78-68(66)77-58-59(60(71)54-51-48-45-42-39-21-18-15-12-9-6-3)69-67(76)61(72)55-52-49-46-43-40-37-35-33-29-27-25-23-20-17-14-11-8-5-2/h16,19,24,26,51,54,59-62,64-66,68,70-72,74-75H,4-15,17-18,20-23,25,27-50,52-53,55-58H2,1-3H3,(H,69,76)/b19-16-,26-24-,54-51+. The lowest BCUT2D eigenvalue weighted by molar-refractivity contribution is -0.305. The summed E-state index contributed by atoms with van der Waals surface area (Å²) >= 11 is 0. The third kappa shape index (κ3) is 44.1. The fourth-order valence-electron chi connectivity index (χ4n) is 10.7. The number of amides is 1. The molecule has 1 heterocycles. The highest BCUT2D eigenvalue weighted by atomic mass is 16.7. The molecule has 8 atom stereocenters. The Kier molecular flexibility index (Phi) is 53.4. The van der Waals surface area contributed by atoms with Gasteiger partial charge in [0, 0.05) is 6.42 Å². The first-order chi connectivity index (χ1) is 38.7. The predicted molar refractivity (Wildman–Crippen MR) is 329 cm³/mol. The molecule has 1 aliphatic rings. The number of rotatable bonds is 58. The second-order valence-electron chi connectivity index (χ2n) is 23.6. The summed E-state index contributed by atoms with van der Waals surface area (Å²) in [6.07, 6.45) is 57.5. The Morgan fingerprint density at radius 1 is 0.494 bits per heavy atom. The Balaban J connectivity index is 2.59. The van der Waals surface area contributed by atoms with Crippen LogP contribution in [0.3, 0.4) is 0 Å². The van der Waals surface area contributed by atoms with Crippen LogP contribution in [-0.4, -0.2) is 99.6 Å². The molecular formula is C68H127NO10. The van der Waals surface area contributed by atoms with E-state index in [-0.39, 0.29) is 13.0 Å². The average molecular weight is 1120 g/mol. The van der Waals surface area contributed by atoms with Gasteiger partial charge in [0.25, 0.3) is 0 Å². The molecule has 464 valence electrons. The Hall–Kier alpha value is -2.12. The van der Waals surface area contributed by atoms with Crippen molar-refractivity contribution in [3.8, 4) is 0 Å². The molecule has 1 fully saturated rings. The monoisotopic (exact) mass is 1120 g/mol. The highest BCUT2D eigenvalue weighted by Crippen LogP contribution is 2.26. The van der Waals surface area contributed by atoms with Crippen molar-refractivity contribution in [2.45, 2.75) is 372 Å². The minimum atomic E-state index is -1.61. The molecule has 8 unspecified atom stereocenters. The summed E-state index contributed by atoms with van der Waals surface area (Å²) in [5, 5.41) is 57.1. The van der Waals surface area contributed by atoms with Gasteiger partial charge in [0.15, 0.2) is 12.4 Å². The summed E-state index contributed by atoms with van der Waals surface area (Å²) in [5.74, 6) is -1.18. The second kappa shape index (κ2) is 56.4. The minimum absolute atomic E-state index is 0.124. The summed E-state index contributed by atoms with van der Waals surface area (Å²) in [5.41, 5.74) is 0. The van der Waals surface area contributed by atoms with Crippen LogP contribution in [0.4, 0.5) is 0 Å². The number of carbonyl (C=O) groups excluding carboxylic acids is 2. The summed E-state index contributed by atoms with van der Waals surface area (Å²) in [7, 11) is 0. The van der Waals surface area contributed by atoms with Gasteiger partial charge in [-0.1, -0.05) is 295 Å². The van der Waals surface area contributed by atoms with Crippen LogP contribution in [0.1, 0.15) is 323 Å². The maximum absolute atomic E-state index is 13.4. The smallest absolute Gasteiger partial charge is 0.306 e. The van der Waals surface area contributed by atoms with E-state index >= 15 is 0 Å². The van der Waals surface area contributed by atoms with Crippen molar-refractivity contribution >= 4 is 11.9 Å². The van der Waals surface area contributed by atoms with Crippen molar-refractivity contribution in [1.29, 1.82) is 0 Å². The molecule has 0 spiro atoms. The van der Waals surface area contributed by atoms with Gasteiger partial charge in [-0.05, 0) is 57.8 Å². The highest BCUT2D eigenvalue weighted by molar-refractivity contribution is 5.80. The zero-order valence-electron chi connectivity index (χ0n) is 51.5. The van der Waals surface area contributed by atoms with Gasteiger partial charge in [-0.15, -0.1) is 0 Å². The zero-order chi connectivity index (χ0) is 57.5. The maximum Gasteiger partial charge on any atom is 0.306 e. The lowest BCUT2D eigenvalue weighted by Crippen LogP contribution is -2.61. The van der Waals surface area contributed by atoms with Crippen LogP contribution in [0, 0.1) is 0 Å². The topological polar surface area (TPSA) is 175 Å². The van der Waals surface area contributed by atoms with Gasteiger partial charge in [-0.3, -0.25) is 9.59 Å². The number of carbonyl (C=O) groups is 2. The Morgan fingerprint density at radius 2 is 0.873 bits per heavy atom. The molecule has 79 heavy (non-hydrogen) atoms. The van der Waals surface area contributed by atoms with Gasteiger partial charge in [-0.2, -0.15) is 0 Å². The van der Waals surface area contributed by atoms with E-state index in [0.717, 1.165) is 64.2 Å². The number of ether oxygens (including phenoxy) is 3. The molecule has 0 saturated carbocycles. The fraction of sp³-hybridized carbons (Fsp3) is 0.882. The number of nitrogens with one attached hydrogen (secondary N) is 1. The average Bonchev–Trinajstić information content (AvgIpc) is 3.47. The molecule has 0 aromatic carbocycles. The predicted octanol–water partition coefficient (Wildman–Crippen LogP) is 16.6. The SMILES string of the molecule is CCCCC/C=C\C/C=C\CCCCCCCCCCCCCC(=O)OC1C(OCC(NC(=O)C(O)CCCCCCCCCCCCCCCCCCCC)C(O)/C=C/CCCCCCCCCCC)OC(CO)C(O)C1O. The molecule has 11 nitrogen and oxygen atoms in total. The highest BCUT2D eigenvalue weighted by Gasteiger charge is 2.47. The second-order valence-corrected chi connectivity index (χ2v) is 23.6. The number of aliphatic hydroxyl groups is 5. The molecule has 1 aliphatic heterocycles. The molecule has 1 rings (SSSR count). The third-order valence-electron chi connectivity index (χ3n) is 16.0. The van der Waals surface area contributed by atoms with E-state index in [0.29, 0.717) is 19.3 Å². The van der Waals surface area contributed by atoms with Crippen LogP contribution in [0.2, 0.25) is 0 Å². The van der Waals surface area contributed by atoms with Gasteiger partial charge < -0.3 is 45.1 Å². The van der Waals surface area contributed by atoms with Crippen LogP contribution < -0.4 is 5.32 Å². The van der Waals surface area contributed by atoms with Crippen molar-refractivity contribution in [3.63, 3.8) is 0 Å². The number of esters is 1.